The smallest absolute Gasteiger partial charge is 0.317 e. The van der Waals surface area contributed by atoms with Crippen molar-refractivity contribution >= 4 is 27.5 Å². The number of carbonyl (C=O) groups excluding carboxylic acids is 1. The van der Waals surface area contributed by atoms with Crippen LogP contribution in [0.5, 0.6) is 0 Å². The standard InChI is InChI=1S/C17H24ClN3O3S/c18-15-3-1-14(2-4-15)13-19-17(22)21-9-7-20(8-10-21)16-5-11-25(23,24)12-6-16/h1-4,16H,5-13H2,(H,19,22). The summed E-state index contributed by atoms with van der Waals surface area (Å²) < 4.78 is 23.1. The zero-order valence-electron chi connectivity index (χ0n) is 14.2. The molecule has 6 nitrogen and oxygen atoms in total. The first-order valence-corrected chi connectivity index (χ1v) is 10.8. The van der Waals surface area contributed by atoms with E-state index in [2.05, 4.69) is 10.2 Å². The van der Waals surface area contributed by atoms with Crippen LogP contribution in [0.1, 0.15) is 18.4 Å². The van der Waals surface area contributed by atoms with Crippen molar-refractivity contribution in [1.29, 1.82) is 0 Å². The number of hydrogen-bond acceptors (Lipinski definition) is 4. The second kappa shape index (κ2) is 7.93. The summed E-state index contributed by atoms with van der Waals surface area (Å²) in [5.41, 5.74) is 1.01. The quantitative estimate of drug-likeness (QED) is 0.860. The Hall–Kier alpha value is -1.31. The van der Waals surface area contributed by atoms with Gasteiger partial charge in [0.05, 0.1) is 11.5 Å². The highest BCUT2D eigenvalue weighted by atomic mass is 35.5. The van der Waals surface area contributed by atoms with E-state index >= 15 is 0 Å². The molecule has 0 atom stereocenters. The van der Waals surface area contributed by atoms with Gasteiger partial charge in [-0.05, 0) is 30.5 Å². The summed E-state index contributed by atoms with van der Waals surface area (Å²) in [5, 5.41) is 3.62. The summed E-state index contributed by atoms with van der Waals surface area (Å²) in [6, 6.07) is 7.71. The number of halogens is 1. The lowest BCUT2D eigenvalue weighted by Crippen LogP contribution is -2.55. The molecule has 2 fully saturated rings. The number of sulfone groups is 1. The highest BCUT2D eigenvalue weighted by molar-refractivity contribution is 7.91. The zero-order chi connectivity index (χ0) is 17.9. The van der Waals surface area contributed by atoms with Crippen molar-refractivity contribution in [2.45, 2.75) is 25.4 Å². The number of amides is 2. The van der Waals surface area contributed by atoms with E-state index < -0.39 is 9.84 Å². The van der Waals surface area contributed by atoms with Gasteiger partial charge >= 0.3 is 6.03 Å². The van der Waals surface area contributed by atoms with Gasteiger partial charge in [-0.1, -0.05) is 23.7 Å². The molecule has 0 aliphatic carbocycles. The van der Waals surface area contributed by atoms with E-state index in [-0.39, 0.29) is 6.03 Å². The van der Waals surface area contributed by atoms with Crippen LogP contribution in [-0.4, -0.2) is 68.0 Å². The fourth-order valence-corrected chi connectivity index (χ4v) is 5.02. The van der Waals surface area contributed by atoms with Gasteiger partial charge in [-0.2, -0.15) is 0 Å². The first-order chi connectivity index (χ1) is 11.9. The van der Waals surface area contributed by atoms with E-state index in [0.717, 1.165) is 18.7 Å². The summed E-state index contributed by atoms with van der Waals surface area (Å²) in [5.74, 6) is 0.582. The molecule has 0 unspecified atom stereocenters. The van der Waals surface area contributed by atoms with Gasteiger partial charge in [-0.3, -0.25) is 4.90 Å². The fourth-order valence-electron chi connectivity index (χ4n) is 3.42. The molecule has 2 saturated heterocycles. The lowest BCUT2D eigenvalue weighted by atomic mass is 10.1. The molecule has 138 valence electrons. The van der Waals surface area contributed by atoms with Gasteiger partial charge in [0.15, 0.2) is 0 Å². The number of carbonyl (C=O) groups is 1. The van der Waals surface area contributed by atoms with Gasteiger partial charge < -0.3 is 10.2 Å². The lowest BCUT2D eigenvalue weighted by Gasteiger charge is -2.40. The van der Waals surface area contributed by atoms with Crippen molar-refractivity contribution in [3.63, 3.8) is 0 Å². The van der Waals surface area contributed by atoms with Crippen molar-refractivity contribution in [3.8, 4) is 0 Å². The lowest BCUT2D eigenvalue weighted by molar-refractivity contribution is 0.103. The minimum Gasteiger partial charge on any atom is -0.334 e. The van der Waals surface area contributed by atoms with E-state index in [9.17, 15) is 13.2 Å². The average Bonchev–Trinajstić information content (AvgIpc) is 2.61. The summed E-state index contributed by atoms with van der Waals surface area (Å²) >= 11 is 5.86. The molecule has 0 saturated carbocycles. The first kappa shape index (κ1) is 18.5. The van der Waals surface area contributed by atoms with Crippen LogP contribution in [0.3, 0.4) is 0 Å². The molecule has 2 aliphatic heterocycles. The third-order valence-corrected chi connectivity index (χ3v) is 6.97. The maximum absolute atomic E-state index is 12.3. The van der Waals surface area contributed by atoms with Crippen LogP contribution in [0, 0.1) is 0 Å². The van der Waals surface area contributed by atoms with Crippen molar-refractivity contribution < 1.29 is 13.2 Å². The predicted octanol–water partition coefficient (Wildman–Crippen LogP) is 1.74. The van der Waals surface area contributed by atoms with Gasteiger partial charge in [-0.25, -0.2) is 13.2 Å². The van der Waals surface area contributed by atoms with Gasteiger partial charge in [-0.15, -0.1) is 0 Å². The fraction of sp³-hybridized carbons (Fsp3) is 0.588. The molecular weight excluding hydrogens is 362 g/mol. The summed E-state index contributed by atoms with van der Waals surface area (Å²) in [7, 11) is -2.82. The molecule has 0 radical (unpaired) electrons. The Morgan fingerprint density at radius 1 is 1.08 bits per heavy atom. The van der Waals surface area contributed by atoms with E-state index in [1.165, 1.54) is 0 Å². The number of benzene rings is 1. The second-order valence-corrected chi connectivity index (χ2v) is 9.43. The summed E-state index contributed by atoms with van der Waals surface area (Å²) in [6.07, 6.45) is 1.43. The van der Waals surface area contributed by atoms with Gasteiger partial charge in [0.25, 0.3) is 0 Å². The topological polar surface area (TPSA) is 69.7 Å². The van der Waals surface area contributed by atoms with Crippen molar-refractivity contribution in [2.24, 2.45) is 0 Å². The van der Waals surface area contributed by atoms with Gasteiger partial charge in [0.1, 0.15) is 9.84 Å². The number of hydrogen-bond donors (Lipinski definition) is 1. The number of urea groups is 1. The van der Waals surface area contributed by atoms with Crippen molar-refractivity contribution in [1.82, 2.24) is 15.1 Å². The van der Waals surface area contributed by atoms with E-state index in [1.807, 2.05) is 29.2 Å². The number of nitrogens with zero attached hydrogens (tertiary/aromatic N) is 2. The Kier molecular flexibility index (Phi) is 5.86. The molecule has 8 heteroatoms. The molecule has 2 aliphatic rings. The van der Waals surface area contributed by atoms with Crippen LogP contribution in [0.4, 0.5) is 4.79 Å². The summed E-state index contributed by atoms with van der Waals surface area (Å²) in [6.45, 7) is 3.44. The number of piperazine rings is 1. The minimum atomic E-state index is -2.82. The highest BCUT2D eigenvalue weighted by Gasteiger charge is 2.30. The van der Waals surface area contributed by atoms with E-state index in [1.54, 1.807) is 0 Å². The second-order valence-electron chi connectivity index (χ2n) is 6.69. The molecule has 2 heterocycles. The molecule has 1 N–H and O–H groups in total. The molecule has 25 heavy (non-hydrogen) atoms. The van der Waals surface area contributed by atoms with Crippen molar-refractivity contribution in [2.75, 3.05) is 37.7 Å². The Balaban J connectivity index is 1.42. The van der Waals surface area contributed by atoms with Crippen LogP contribution in [0.25, 0.3) is 0 Å². The first-order valence-electron chi connectivity index (χ1n) is 8.65. The molecule has 1 aromatic carbocycles. The third kappa shape index (κ3) is 5.09. The Morgan fingerprint density at radius 2 is 1.68 bits per heavy atom. The highest BCUT2D eigenvalue weighted by Crippen LogP contribution is 2.19. The molecule has 0 bridgehead atoms. The van der Waals surface area contributed by atoms with Crippen LogP contribution < -0.4 is 5.32 Å². The van der Waals surface area contributed by atoms with Crippen LogP contribution in [0.2, 0.25) is 5.02 Å². The van der Waals surface area contributed by atoms with Crippen LogP contribution in [-0.2, 0) is 16.4 Å². The zero-order valence-corrected chi connectivity index (χ0v) is 15.7. The predicted molar refractivity (Wildman–Crippen MR) is 98.5 cm³/mol. The van der Waals surface area contributed by atoms with Gasteiger partial charge in [0.2, 0.25) is 0 Å². The molecule has 0 spiro atoms. The maximum Gasteiger partial charge on any atom is 0.317 e. The molecule has 2 amide bonds. The normalized spacial score (nSPS) is 21.9. The molecule has 0 aromatic heterocycles. The maximum atomic E-state index is 12.3. The van der Waals surface area contributed by atoms with E-state index in [0.29, 0.717) is 55.0 Å². The molecule has 1 aromatic rings. The number of rotatable bonds is 3. The SMILES string of the molecule is O=C(NCc1ccc(Cl)cc1)N1CCN(C2CCS(=O)(=O)CC2)CC1. The Labute approximate surface area is 154 Å². The number of nitrogens with one attached hydrogen (secondary N) is 1. The van der Waals surface area contributed by atoms with Crippen LogP contribution in [0.15, 0.2) is 24.3 Å². The Morgan fingerprint density at radius 3 is 2.28 bits per heavy atom. The molecular formula is C17H24ClN3O3S. The average molecular weight is 386 g/mol. The molecule has 3 rings (SSSR count). The largest absolute Gasteiger partial charge is 0.334 e. The summed E-state index contributed by atoms with van der Waals surface area (Å²) in [4.78, 5) is 16.5. The van der Waals surface area contributed by atoms with Crippen LogP contribution >= 0.6 is 11.6 Å². The van der Waals surface area contributed by atoms with Gasteiger partial charge in [0, 0.05) is 43.8 Å². The van der Waals surface area contributed by atoms with Crippen molar-refractivity contribution in [3.05, 3.63) is 34.9 Å². The van der Waals surface area contributed by atoms with E-state index in [4.69, 9.17) is 11.6 Å². The minimum absolute atomic E-state index is 0.0548. The third-order valence-electron chi connectivity index (χ3n) is 5.00. The monoisotopic (exact) mass is 385 g/mol. The Bertz CT molecular complexity index is 686.